The first-order valence-corrected chi connectivity index (χ1v) is 12.0. The van der Waals surface area contributed by atoms with Crippen molar-refractivity contribution in [3.63, 3.8) is 0 Å². The number of phenols is 2. The minimum Gasteiger partial charge on any atom is -0.507 e. The molecule has 0 spiro atoms. The summed E-state index contributed by atoms with van der Waals surface area (Å²) in [5.41, 5.74) is 3.19. The molecule has 3 N–H and O–H groups in total. The van der Waals surface area contributed by atoms with Gasteiger partial charge in [0.1, 0.15) is 35.5 Å². The number of hydroxylamine groups is 1. The molecular weight excluding hydrogens is 508 g/mol. The number of phenolic OH excluding ortho intramolecular Hbond substituents is 2. The van der Waals surface area contributed by atoms with Crippen molar-refractivity contribution in [2.45, 2.75) is 51.2 Å². The van der Waals surface area contributed by atoms with Crippen LogP contribution in [-0.4, -0.2) is 67.4 Å². The van der Waals surface area contributed by atoms with Gasteiger partial charge in [-0.05, 0) is 25.3 Å². The summed E-state index contributed by atoms with van der Waals surface area (Å²) in [4.78, 5) is 35.2. The van der Waals surface area contributed by atoms with Crippen molar-refractivity contribution in [2.24, 2.45) is 5.16 Å². The normalized spacial score (nSPS) is 20.8. The van der Waals surface area contributed by atoms with Crippen molar-refractivity contribution in [2.75, 3.05) is 27.4 Å². The van der Waals surface area contributed by atoms with Crippen LogP contribution in [0.1, 0.15) is 48.5 Å². The van der Waals surface area contributed by atoms with Gasteiger partial charge in [-0.25, -0.2) is 9.59 Å². The fourth-order valence-corrected chi connectivity index (χ4v) is 3.65. The summed E-state index contributed by atoms with van der Waals surface area (Å²) >= 11 is 6.37. The van der Waals surface area contributed by atoms with E-state index in [-0.39, 0.29) is 41.6 Å². The molecule has 37 heavy (non-hydrogen) atoms. The Bertz CT molecular complexity index is 1030. The number of methoxy groups -OCH3 is 2. The highest BCUT2D eigenvalue weighted by molar-refractivity contribution is 6.33. The van der Waals surface area contributed by atoms with E-state index in [0.717, 1.165) is 6.07 Å². The monoisotopic (exact) mass is 540 g/mol. The van der Waals surface area contributed by atoms with Gasteiger partial charge in [0.15, 0.2) is 0 Å². The van der Waals surface area contributed by atoms with Crippen molar-refractivity contribution in [3.8, 4) is 11.5 Å². The smallest absolute Gasteiger partial charge is 0.346 e. The number of hydrogen-bond donors (Lipinski definition) is 3. The second-order valence-electron chi connectivity index (χ2n) is 8.32. The predicted octanol–water partition coefficient (Wildman–Crippen LogP) is 3.56. The first-order valence-electron chi connectivity index (χ1n) is 11.6. The molecule has 0 amide bonds. The Balaban J connectivity index is 2.48. The minimum absolute atomic E-state index is 0.0943. The second kappa shape index (κ2) is 15.1. The van der Waals surface area contributed by atoms with Gasteiger partial charge in [0.25, 0.3) is 0 Å². The lowest BCUT2D eigenvalue weighted by Crippen LogP contribution is -2.33. The van der Waals surface area contributed by atoms with Crippen molar-refractivity contribution in [1.29, 1.82) is 0 Å². The largest absolute Gasteiger partial charge is 0.507 e. The van der Waals surface area contributed by atoms with Crippen molar-refractivity contribution in [1.82, 2.24) is 5.48 Å². The van der Waals surface area contributed by atoms with Gasteiger partial charge < -0.3 is 29.3 Å². The number of oxime groups is 1. The lowest BCUT2D eigenvalue weighted by Gasteiger charge is -2.21. The van der Waals surface area contributed by atoms with Crippen LogP contribution in [0.5, 0.6) is 11.5 Å². The number of allylic oxidation sites excluding steroid dienone is 1. The second-order valence-corrected chi connectivity index (χ2v) is 8.69. The number of nitrogens with one attached hydrogen (secondary N) is 1. The molecule has 12 heteroatoms. The number of rotatable bonds is 8. The van der Waals surface area contributed by atoms with Crippen LogP contribution < -0.4 is 5.48 Å². The zero-order chi connectivity index (χ0) is 27.4. The van der Waals surface area contributed by atoms with E-state index in [1.54, 1.807) is 6.92 Å². The number of aromatic hydroxyl groups is 2. The molecule has 0 saturated carbocycles. The molecule has 2 rings (SSSR count). The lowest BCUT2D eigenvalue weighted by atomic mass is 9.95. The first kappa shape index (κ1) is 29.9. The van der Waals surface area contributed by atoms with Gasteiger partial charge in [-0.15, -0.1) is 0 Å². The van der Waals surface area contributed by atoms with Crippen molar-refractivity contribution in [3.05, 3.63) is 46.7 Å². The van der Waals surface area contributed by atoms with Crippen LogP contribution in [-0.2, 0) is 35.1 Å². The van der Waals surface area contributed by atoms with Crippen LogP contribution in [0.4, 0.5) is 0 Å². The van der Waals surface area contributed by atoms with Gasteiger partial charge in [-0.2, -0.15) is 5.48 Å². The highest BCUT2D eigenvalue weighted by atomic mass is 35.5. The van der Waals surface area contributed by atoms with E-state index in [0.29, 0.717) is 30.7 Å². The highest BCUT2D eigenvalue weighted by Gasteiger charge is 2.27. The molecule has 1 aliphatic heterocycles. The third kappa shape index (κ3) is 9.60. The Kier molecular flexibility index (Phi) is 12.2. The van der Waals surface area contributed by atoms with Crippen molar-refractivity contribution >= 4 is 29.3 Å². The molecule has 0 aromatic heterocycles. The Morgan fingerprint density at radius 2 is 2.00 bits per heavy atom. The summed E-state index contributed by atoms with van der Waals surface area (Å²) < 4.78 is 15.1. The molecule has 0 fully saturated rings. The van der Waals surface area contributed by atoms with E-state index in [9.17, 15) is 19.8 Å². The Labute approximate surface area is 220 Å². The summed E-state index contributed by atoms with van der Waals surface area (Å²) in [5.74, 6) is -1.95. The van der Waals surface area contributed by atoms with Gasteiger partial charge in [-0.1, -0.05) is 35.5 Å². The SMILES string of the molecule is C=C(CONC1CC/C=C/CC(C)OC(=O)c2c(O)cc(O)c(Cl)c2C/C(=N/OCC(=O)OC)C1)OC. The zero-order valence-electron chi connectivity index (χ0n) is 21.1. The van der Waals surface area contributed by atoms with Crippen LogP contribution in [0.2, 0.25) is 5.02 Å². The number of esters is 2. The summed E-state index contributed by atoms with van der Waals surface area (Å²) in [5, 5.41) is 24.7. The predicted molar refractivity (Wildman–Crippen MR) is 135 cm³/mol. The third-order valence-corrected chi connectivity index (χ3v) is 5.81. The fourth-order valence-electron chi connectivity index (χ4n) is 3.44. The number of fused-ring (bicyclic) bond motifs is 1. The molecule has 1 heterocycles. The third-order valence-electron chi connectivity index (χ3n) is 5.39. The summed E-state index contributed by atoms with van der Waals surface area (Å²) in [6, 6.07) is 0.678. The molecule has 2 unspecified atom stereocenters. The Hall–Kier alpha value is -3.28. The molecular formula is C25H33ClN2O9. The number of nitrogens with zero attached hydrogens (tertiary/aromatic N) is 1. The lowest BCUT2D eigenvalue weighted by molar-refractivity contribution is -0.145. The van der Waals surface area contributed by atoms with Crippen LogP contribution in [0.3, 0.4) is 0 Å². The van der Waals surface area contributed by atoms with Gasteiger partial charge >= 0.3 is 11.9 Å². The Morgan fingerprint density at radius 3 is 2.70 bits per heavy atom. The summed E-state index contributed by atoms with van der Waals surface area (Å²) in [6.45, 7) is 5.09. The van der Waals surface area contributed by atoms with Gasteiger partial charge in [0.2, 0.25) is 6.61 Å². The van der Waals surface area contributed by atoms with Crippen molar-refractivity contribution < 1.29 is 43.7 Å². The van der Waals surface area contributed by atoms with Gasteiger partial charge in [0, 0.05) is 31.4 Å². The standard InChI is InChI=1S/C25H33ClN2O9/c1-15-8-6-5-7-9-17(27-35-13-16(2)33-3)10-18(28-36-14-22(31)34-4)11-19-23(25(32)37-15)20(29)12-21(30)24(19)26/h5-6,12,15,17,27,29-30H,2,7-11,13-14H2,1,3-4H3/b6-5+,28-18+. The number of hydrogen-bond acceptors (Lipinski definition) is 11. The van der Waals surface area contributed by atoms with E-state index < -0.39 is 36.1 Å². The molecule has 1 aromatic carbocycles. The maximum absolute atomic E-state index is 13.0. The molecule has 2 atom stereocenters. The fraction of sp³-hybridized carbons (Fsp3) is 0.480. The average Bonchev–Trinajstić information content (AvgIpc) is 2.85. The average molecular weight is 541 g/mol. The molecule has 1 aliphatic rings. The quantitative estimate of drug-likeness (QED) is 0.193. The summed E-state index contributed by atoms with van der Waals surface area (Å²) in [6.07, 6.45) is 5.24. The number of benzene rings is 1. The zero-order valence-corrected chi connectivity index (χ0v) is 21.9. The van der Waals surface area contributed by atoms with E-state index in [1.165, 1.54) is 14.2 Å². The number of halogens is 1. The number of cyclic esters (lactones) is 1. The molecule has 204 valence electrons. The first-order chi connectivity index (χ1) is 17.7. The number of carbonyl (C=O) groups excluding carboxylic acids is 2. The van der Waals surface area contributed by atoms with Gasteiger partial charge in [-0.3, -0.25) is 4.84 Å². The topological polar surface area (TPSA) is 145 Å². The molecule has 0 aliphatic carbocycles. The maximum Gasteiger partial charge on any atom is 0.346 e. The van der Waals surface area contributed by atoms with Crippen LogP contribution in [0.15, 0.2) is 35.7 Å². The molecule has 0 saturated heterocycles. The molecule has 0 bridgehead atoms. The van der Waals surface area contributed by atoms with Crippen LogP contribution >= 0.6 is 11.6 Å². The minimum atomic E-state index is -0.807. The van der Waals surface area contributed by atoms with Gasteiger partial charge in [0.05, 0.1) is 25.0 Å². The maximum atomic E-state index is 13.0. The number of ether oxygens (including phenoxy) is 3. The Morgan fingerprint density at radius 1 is 1.24 bits per heavy atom. The molecule has 0 radical (unpaired) electrons. The molecule has 1 aromatic rings. The van der Waals surface area contributed by atoms with E-state index >= 15 is 0 Å². The van der Waals surface area contributed by atoms with E-state index in [2.05, 4.69) is 22.0 Å². The van der Waals surface area contributed by atoms with Crippen LogP contribution in [0.25, 0.3) is 0 Å². The van der Waals surface area contributed by atoms with E-state index in [1.807, 2.05) is 12.2 Å². The van der Waals surface area contributed by atoms with E-state index in [4.69, 9.17) is 30.7 Å². The highest BCUT2D eigenvalue weighted by Crippen LogP contribution is 2.37. The van der Waals surface area contributed by atoms with Crippen LogP contribution in [0, 0.1) is 0 Å². The summed E-state index contributed by atoms with van der Waals surface area (Å²) in [7, 11) is 2.70. The number of carbonyl (C=O) groups is 2. The molecule has 11 nitrogen and oxygen atoms in total.